The lowest BCUT2D eigenvalue weighted by Crippen LogP contribution is -2.52. The molecule has 1 saturated heterocycles. The van der Waals surface area contributed by atoms with Crippen LogP contribution >= 0.6 is 11.3 Å². The molecule has 0 aliphatic carbocycles. The summed E-state index contributed by atoms with van der Waals surface area (Å²) in [7, 11) is 0. The monoisotopic (exact) mass is 352 g/mol. The highest BCUT2D eigenvalue weighted by molar-refractivity contribution is 7.18. The zero-order valence-electron chi connectivity index (χ0n) is 15.3. The molecule has 1 fully saturated rings. The Morgan fingerprint density at radius 3 is 2.52 bits per heavy atom. The Morgan fingerprint density at radius 1 is 1.04 bits per heavy atom. The minimum Gasteiger partial charge on any atom is -0.365 e. The first-order valence-corrected chi connectivity index (χ1v) is 9.65. The third-order valence-electron chi connectivity index (χ3n) is 5.24. The van der Waals surface area contributed by atoms with E-state index >= 15 is 0 Å². The maximum Gasteiger partial charge on any atom is 0.141 e. The first-order valence-electron chi connectivity index (χ1n) is 8.83. The molecule has 1 aliphatic rings. The molecule has 0 unspecified atom stereocenters. The normalized spacial score (nSPS) is 18.2. The van der Waals surface area contributed by atoms with E-state index in [1.165, 1.54) is 27.1 Å². The van der Waals surface area contributed by atoms with Gasteiger partial charge in [0.1, 0.15) is 17.0 Å². The van der Waals surface area contributed by atoms with Crippen LogP contribution in [0.1, 0.15) is 22.9 Å². The standard InChI is InChI=1S/C20H24N4S/c1-13-5-7-17(8-6-13)24-10-9-23(11-14(24)2)19-18-15(3)16(4)25-20(18)22-12-21-19/h5-8,12,14H,9-11H2,1-4H3/t14-/m1/s1. The summed E-state index contributed by atoms with van der Waals surface area (Å²) in [6.45, 7) is 11.8. The van der Waals surface area contributed by atoms with Gasteiger partial charge in [0, 0.05) is 36.2 Å². The quantitative estimate of drug-likeness (QED) is 0.687. The van der Waals surface area contributed by atoms with Crippen LogP contribution in [0.25, 0.3) is 10.2 Å². The first-order chi connectivity index (χ1) is 12.0. The average Bonchev–Trinajstić information content (AvgIpc) is 2.90. The molecular weight excluding hydrogens is 328 g/mol. The van der Waals surface area contributed by atoms with Crippen LogP contribution in [-0.4, -0.2) is 35.6 Å². The summed E-state index contributed by atoms with van der Waals surface area (Å²) < 4.78 is 0. The van der Waals surface area contributed by atoms with Crippen molar-refractivity contribution in [2.45, 2.75) is 33.7 Å². The summed E-state index contributed by atoms with van der Waals surface area (Å²) in [4.78, 5) is 16.5. The second-order valence-corrected chi connectivity index (χ2v) is 8.19. The molecule has 3 aromatic rings. The Labute approximate surface area is 153 Å². The molecule has 4 rings (SSSR count). The van der Waals surface area contributed by atoms with E-state index in [0.717, 1.165) is 30.3 Å². The van der Waals surface area contributed by atoms with Crippen LogP contribution in [0.15, 0.2) is 30.6 Å². The summed E-state index contributed by atoms with van der Waals surface area (Å²) in [5.41, 5.74) is 3.94. The van der Waals surface area contributed by atoms with Crippen molar-refractivity contribution in [2.24, 2.45) is 0 Å². The van der Waals surface area contributed by atoms with Crippen LogP contribution in [0.3, 0.4) is 0 Å². The fourth-order valence-corrected chi connectivity index (χ4v) is 4.66. The van der Waals surface area contributed by atoms with Crippen LogP contribution in [0.4, 0.5) is 11.5 Å². The van der Waals surface area contributed by atoms with Gasteiger partial charge in [0.05, 0.1) is 5.39 Å². The summed E-state index contributed by atoms with van der Waals surface area (Å²) in [5.74, 6) is 1.10. The van der Waals surface area contributed by atoms with Gasteiger partial charge in [0.15, 0.2) is 0 Å². The molecule has 4 nitrogen and oxygen atoms in total. The fraction of sp³-hybridized carbons (Fsp3) is 0.400. The summed E-state index contributed by atoms with van der Waals surface area (Å²) in [5, 5.41) is 1.24. The molecule has 2 aromatic heterocycles. The number of thiophene rings is 1. The van der Waals surface area contributed by atoms with Crippen molar-refractivity contribution in [3.63, 3.8) is 0 Å². The van der Waals surface area contributed by atoms with Crippen molar-refractivity contribution in [1.29, 1.82) is 0 Å². The Kier molecular flexibility index (Phi) is 4.12. The SMILES string of the molecule is Cc1ccc(N2CCN(c3ncnc4sc(C)c(C)c34)C[C@H]2C)cc1. The van der Waals surface area contributed by atoms with Crippen LogP contribution in [-0.2, 0) is 0 Å². The number of aromatic nitrogens is 2. The summed E-state index contributed by atoms with van der Waals surface area (Å²) in [6, 6.07) is 9.30. The molecular formula is C20H24N4S. The topological polar surface area (TPSA) is 32.3 Å². The van der Waals surface area contributed by atoms with E-state index < -0.39 is 0 Å². The van der Waals surface area contributed by atoms with Gasteiger partial charge in [-0.3, -0.25) is 0 Å². The number of hydrogen-bond acceptors (Lipinski definition) is 5. The van der Waals surface area contributed by atoms with E-state index in [4.69, 9.17) is 0 Å². The third kappa shape index (κ3) is 2.86. The third-order valence-corrected chi connectivity index (χ3v) is 6.35. The highest BCUT2D eigenvalue weighted by atomic mass is 32.1. The van der Waals surface area contributed by atoms with Gasteiger partial charge in [0.25, 0.3) is 0 Å². The molecule has 0 amide bonds. The molecule has 1 atom stereocenters. The minimum absolute atomic E-state index is 0.446. The molecule has 0 radical (unpaired) electrons. The highest BCUT2D eigenvalue weighted by Gasteiger charge is 2.26. The number of benzene rings is 1. The number of fused-ring (bicyclic) bond motifs is 1. The largest absolute Gasteiger partial charge is 0.365 e. The van der Waals surface area contributed by atoms with Crippen LogP contribution in [0.2, 0.25) is 0 Å². The zero-order chi connectivity index (χ0) is 17.6. The van der Waals surface area contributed by atoms with E-state index in [1.54, 1.807) is 17.7 Å². The molecule has 25 heavy (non-hydrogen) atoms. The van der Waals surface area contributed by atoms with Crippen molar-refractivity contribution in [3.05, 3.63) is 46.6 Å². The zero-order valence-corrected chi connectivity index (χ0v) is 16.1. The molecule has 0 saturated carbocycles. The number of rotatable bonds is 2. The van der Waals surface area contributed by atoms with Crippen molar-refractivity contribution in [2.75, 3.05) is 29.4 Å². The van der Waals surface area contributed by atoms with Crippen LogP contribution in [0.5, 0.6) is 0 Å². The van der Waals surface area contributed by atoms with Crippen molar-refractivity contribution in [3.8, 4) is 0 Å². The Hall–Kier alpha value is -2.14. The summed E-state index contributed by atoms with van der Waals surface area (Å²) >= 11 is 1.77. The molecule has 130 valence electrons. The van der Waals surface area contributed by atoms with Gasteiger partial charge in [0.2, 0.25) is 0 Å². The molecule has 1 aromatic carbocycles. The van der Waals surface area contributed by atoms with Crippen molar-refractivity contribution < 1.29 is 0 Å². The fourth-order valence-electron chi connectivity index (χ4n) is 3.67. The van der Waals surface area contributed by atoms with E-state index in [2.05, 4.69) is 71.7 Å². The number of piperazine rings is 1. The van der Waals surface area contributed by atoms with Crippen molar-refractivity contribution in [1.82, 2.24) is 9.97 Å². The molecule has 3 heterocycles. The van der Waals surface area contributed by atoms with Gasteiger partial charge in [-0.05, 0) is 45.4 Å². The van der Waals surface area contributed by atoms with Gasteiger partial charge < -0.3 is 9.80 Å². The Morgan fingerprint density at radius 2 is 1.80 bits per heavy atom. The number of hydrogen-bond donors (Lipinski definition) is 0. The average molecular weight is 353 g/mol. The number of aryl methyl sites for hydroxylation is 3. The first kappa shape index (κ1) is 16.3. The smallest absolute Gasteiger partial charge is 0.141 e. The number of anilines is 2. The van der Waals surface area contributed by atoms with Crippen LogP contribution < -0.4 is 9.80 Å². The maximum atomic E-state index is 4.65. The second kappa shape index (κ2) is 6.30. The molecule has 1 aliphatic heterocycles. The second-order valence-electron chi connectivity index (χ2n) is 6.98. The minimum atomic E-state index is 0.446. The van der Waals surface area contributed by atoms with Crippen molar-refractivity contribution >= 4 is 33.1 Å². The maximum absolute atomic E-state index is 4.65. The lowest BCUT2D eigenvalue weighted by atomic mass is 10.1. The van der Waals surface area contributed by atoms with Gasteiger partial charge in [-0.25, -0.2) is 9.97 Å². The highest BCUT2D eigenvalue weighted by Crippen LogP contribution is 2.35. The molecule has 5 heteroatoms. The molecule has 0 N–H and O–H groups in total. The predicted molar refractivity (Wildman–Crippen MR) is 107 cm³/mol. The van der Waals surface area contributed by atoms with E-state index in [9.17, 15) is 0 Å². The van der Waals surface area contributed by atoms with E-state index in [1.807, 2.05) is 0 Å². The van der Waals surface area contributed by atoms with Crippen LogP contribution in [0, 0.1) is 20.8 Å². The summed E-state index contributed by atoms with van der Waals surface area (Å²) in [6.07, 6.45) is 1.71. The number of nitrogens with zero attached hydrogens (tertiary/aromatic N) is 4. The lowest BCUT2D eigenvalue weighted by Gasteiger charge is -2.42. The molecule has 0 spiro atoms. The van der Waals surface area contributed by atoms with Gasteiger partial charge in [-0.2, -0.15) is 0 Å². The Balaban J connectivity index is 1.62. The molecule has 0 bridgehead atoms. The van der Waals surface area contributed by atoms with Gasteiger partial charge in [-0.1, -0.05) is 17.7 Å². The van der Waals surface area contributed by atoms with Gasteiger partial charge in [-0.15, -0.1) is 11.3 Å². The predicted octanol–water partition coefficient (Wildman–Crippen LogP) is 4.33. The lowest BCUT2D eigenvalue weighted by molar-refractivity contribution is 0.548. The van der Waals surface area contributed by atoms with E-state index in [-0.39, 0.29) is 0 Å². The van der Waals surface area contributed by atoms with Gasteiger partial charge >= 0.3 is 0 Å². The van der Waals surface area contributed by atoms with E-state index in [0.29, 0.717) is 6.04 Å². The Bertz CT molecular complexity index is 900.